The van der Waals surface area contributed by atoms with Crippen LogP contribution >= 0.6 is 11.3 Å². The van der Waals surface area contributed by atoms with Gasteiger partial charge in [0.1, 0.15) is 0 Å². The number of hydrogen-bond donors (Lipinski definition) is 0. The molecule has 2 aromatic heterocycles. The van der Waals surface area contributed by atoms with Gasteiger partial charge < -0.3 is 14.1 Å². The van der Waals surface area contributed by atoms with E-state index in [4.69, 9.17) is 9.15 Å². The molecule has 152 valence electrons. The second-order valence-electron chi connectivity index (χ2n) is 6.69. The molecule has 0 bridgehead atoms. The van der Waals surface area contributed by atoms with E-state index in [9.17, 15) is 9.59 Å². The zero-order valence-electron chi connectivity index (χ0n) is 16.7. The van der Waals surface area contributed by atoms with Crippen molar-refractivity contribution in [2.75, 3.05) is 13.2 Å². The summed E-state index contributed by atoms with van der Waals surface area (Å²) in [5, 5.41) is 9.99. The average Bonchev–Trinajstić information content (AvgIpc) is 3.39. The molecule has 3 aromatic rings. The normalized spacial score (nSPS) is 10.7. The Balaban J connectivity index is 1.62. The van der Waals surface area contributed by atoms with Gasteiger partial charge in [0, 0.05) is 6.54 Å². The van der Waals surface area contributed by atoms with Crippen LogP contribution in [0.5, 0.6) is 0 Å². The highest BCUT2D eigenvalue weighted by Crippen LogP contribution is 2.23. The van der Waals surface area contributed by atoms with E-state index in [-0.39, 0.29) is 19.1 Å². The van der Waals surface area contributed by atoms with Gasteiger partial charge in [0.2, 0.25) is 5.89 Å². The van der Waals surface area contributed by atoms with Crippen LogP contribution in [0, 0.1) is 13.8 Å². The lowest BCUT2D eigenvalue weighted by Crippen LogP contribution is -2.35. The zero-order chi connectivity index (χ0) is 20.8. The molecule has 0 aliphatic heterocycles. The second kappa shape index (κ2) is 9.47. The van der Waals surface area contributed by atoms with Gasteiger partial charge in [0.15, 0.2) is 6.61 Å². The number of benzene rings is 1. The average molecular weight is 413 g/mol. The summed E-state index contributed by atoms with van der Waals surface area (Å²) in [6, 6.07) is 9.34. The van der Waals surface area contributed by atoms with Gasteiger partial charge in [-0.2, -0.15) is 0 Å². The lowest BCUT2D eigenvalue weighted by molar-refractivity contribution is -0.135. The molecule has 1 aromatic carbocycles. The van der Waals surface area contributed by atoms with Crippen molar-refractivity contribution in [1.82, 2.24) is 15.1 Å². The summed E-state index contributed by atoms with van der Waals surface area (Å²) in [5.41, 5.74) is 2.24. The number of nitrogens with zero attached hydrogens (tertiary/aromatic N) is 3. The fourth-order valence-electron chi connectivity index (χ4n) is 2.79. The first-order valence-corrected chi connectivity index (χ1v) is 10.2. The first-order valence-electron chi connectivity index (χ1n) is 9.36. The van der Waals surface area contributed by atoms with Crippen LogP contribution in [0.1, 0.15) is 40.7 Å². The summed E-state index contributed by atoms with van der Waals surface area (Å²) < 4.78 is 10.9. The van der Waals surface area contributed by atoms with Crippen LogP contribution < -0.4 is 0 Å². The van der Waals surface area contributed by atoms with E-state index in [0.29, 0.717) is 23.9 Å². The predicted molar refractivity (Wildman–Crippen MR) is 110 cm³/mol. The fourth-order valence-corrected chi connectivity index (χ4v) is 3.44. The maximum atomic E-state index is 12.6. The summed E-state index contributed by atoms with van der Waals surface area (Å²) in [5.74, 6) is -0.0357. The van der Waals surface area contributed by atoms with Gasteiger partial charge in [-0.1, -0.05) is 30.7 Å². The Hall–Kier alpha value is -3.00. The minimum Gasteiger partial charge on any atom is -0.452 e. The molecule has 2 heterocycles. The maximum Gasteiger partial charge on any atom is 0.338 e. The van der Waals surface area contributed by atoms with Gasteiger partial charge >= 0.3 is 5.97 Å². The summed E-state index contributed by atoms with van der Waals surface area (Å²) in [7, 11) is 0. The maximum absolute atomic E-state index is 12.6. The van der Waals surface area contributed by atoms with E-state index in [1.54, 1.807) is 11.0 Å². The molecule has 0 aliphatic rings. The van der Waals surface area contributed by atoms with Crippen LogP contribution in [0.3, 0.4) is 0 Å². The summed E-state index contributed by atoms with van der Waals surface area (Å²) in [4.78, 5) is 27.4. The molecule has 0 atom stereocenters. The van der Waals surface area contributed by atoms with Crippen molar-refractivity contribution in [2.45, 2.75) is 33.7 Å². The van der Waals surface area contributed by atoms with Crippen molar-refractivity contribution < 1.29 is 18.7 Å². The monoisotopic (exact) mass is 413 g/mol. The van der Waals surface area contributed by atoms with Crippen LogP contribution in [0.25, 0.3) is 10.8 Å². The predicted octanol–water partition coefficient (Wildman–Crippen LogP) is 4.01. The van der Waals surface area contributed by atoms with Crippen LogP contribution in [-0.2, 0) is 16.1 Å². The minimum absolute atomic E-state index is 0.173. The molecule has 0 fully saturated rings. The highest BCUT2D eigenvalue weighted by atomic mass is 32.1. The van der Waals surface area contributed by atoms with Gasteiger partial charge in [-0.25, -0.2) is 4.79 Å². The molecule has 3 rings (SSSR count). The number of ether oxygens (including phenoxy) is 1. The van der Waals surface area contributed by atoms with Crippen LogP contribution in [-0.4, -0.2) is 40.1 Å². The second-order valence-corrected chi connectivity index (χ2v) is 7.64. The van der Waals surface area contributed by atoms with Crippen molar-refractivity contribution in [3.8, 4) is 10.8 Å². The molecule has 0 unspecified atom stereocenters. The Morgan fingerprint density at radius 3 is 2.76 bits per heavy atom. The number of carbonyl (C=O) groups excluding carboxylic acids is 2. The highest BCUT2D eigenvalue weighted by molar-refractivity contribution is 7.13. The number of thiophene rings is 1. The smallest absolute Gasteiger partial charge is 0.338 e. The van der Waals surface area contributed by atoms with Crippen LogP contribution in [0.15, 0.2) is 40.1 Å². The number of amides is 1. The topological polar surface area (TPSA) is 85.5 Å². The van der Waals surface area contributed by atoms with E-state index >= 15 is 0 Å². The SMILES string of the molecule is CCCN(Cc1nnc(-c2cccs2)o1)C(=O)COC(=O)c1cc(C)ccc1C. The molecule has 0 saturated heterocycles. The number of aromatic nitrogens is 2. The van der Waals surface area contributed by atoms with Crippen molar-refractivity contribution in [1.29, 1.82) is 0 Å². The summed E-state index contributed by atoms with van der Waals surface area (Å²) >= 11 is 1.50. The molecule has 0 aliphatic carbocycles. The van der Waals surface area contributed by atoms with E-state index < -0.39 is 5.97 Å². The van der Waals surface area contributed by atoms with E-state index in [1.807, 2.05) is 50.4 Å². The van der Waals surface area contributed by atoms with E-state index in [1.165, 1.54) is 11.3 Å². The fraction of sp³-hybridized carbons (Fsp3) is 0.333. The Morgan fingerprint density at radius 2 is 2.03 bits per heavy atom. The van der Waals surface area contributed by atoms with Crippen LogP contribution in [0.4, 0.5) is 0 Å². The molecule has 0 saturated carbocycles. The van der Waals surface area contributed by atoms with Crippen LogP contribution in [0.2, 0.25) is 0 Å². The third-order valence-electron chi connectivity index (χ3n) is 4.31. The standard InChI is InChI=1S/C21H23N3O4S/c1-4-9-24(12-18-22-23-20(28-18)17-6-5-10-29-17)19(25)13-27-21(26)16-11-14(2)7-8-15(16)3/h5-8,10-11H,4,9,12-13H2,1-3H3. The van der Waals surface area contributed by atoms with Gasteiger partial charge in [-0.3, -0.25) is 4.79 Å². The summed E-state index contributed by atoms with van der Waals surface area (Å²) in [6.45, 7) is 6.04. The zero-order valence-corrected chi connectivity index (χ0v) is 17.5. The number of hydrogen-bond acceptors (Lipinski definition) is 7. The van der Waals surface area contributed by atoms with E-state index in [2.05, 4.69) is 10.2 Å². The molecular formula is C21H23N3O4S. The van der Waals surface area contributed by atoms with Gasteiger partial charge in [-0.05, 0) is 43.3 Å². The third-order valence-corrected chi connectivity index (χ3v) is 5.17. The van der Waals surface area contributed by atoms with Gasteiger partial charge in [0.05, 0.1) is 17.0 Å². The van der Waals surface area contributed by atoms with Gasteiger partial charge in [0.25, 0.3) is 11.8 Å². The van der Waals surface area contributed by atoms with Crippen molar-refractivity contribution in [3.63, 3.8) is 0 Å². The van der Waals surface area contributed by atoms with Crippen molar-refractivity contribution in [2.24, 2.45) is 0 Å². The minimum atomic E-state index is -0.506. The Bertz CT molecular complexity index is 982. The number of carbonyl (C=O) groups is 2. The molecule has 29 heavy (non-hydrogen) atoms. The number of rotatable bonds is 8. The molecule has 0 radical (unpaired) electrons. The molecule has 7 nitrogen and oxygen atoms in total. The number of aryl methyl sites for hydroxylation is 2. The molecule has 0 N–H and O–H groups in total. The van der Waals surface area contributed by atoms with E-state index in [0.717, 1.165) is 22.4 Å². The first kappa shape index (κ1) is 20.7. The Labute approximate surface area is 173 Å². The molecule has 0 spiro atoms. The third kappa shape index (κ3) is 5.29. The molecule has 8 heteroatoms. The lowest BCUT2D eigenvalue weighted by Gasteiger charge is -2.20. The van der Waals surface area contributed by atoms with Gasteiger partial charge in [-0.15, -0.1) is 21.5 Å². The quantitative estimate of drug-likeness (QED) is 0.519. The Kier molecular flexibility index (Phi) is 6.77. The first-order chi connectivity index (χ1) is 14.0. The number of esters is 1. The molecular weight excluding hydrogens is 390 g/mol. The largest absolute Gasteiger partial charge is 0.452 e. The highest BCUT2D eigenvalue weighted by Gasteiger charge is 2.20. The van der Waals surface area contributed by atoms with Crippen molar-refractivity contribution >= 4 is 23.2 Å². The van der Waals surface area contributed by atoms with Crippen molar-refractivity contribution in [3.05, 3.63) is 58.3 Å². The summed E-state index contributed by atoms with van der Waals surface area (Å²) in [6.07, 6.45) is 0.753. The lowest BCUT2D eigenvalue weighted by atomic mass is 10.1. The molecule has 1 amide bonds. The Morgan fingerprint density at radius 1 is 1.21 bits per heavy atom.